The first kappa shape index (κ1) is 18.0. The Kier molecular flexibility index (Phi) is 6.27. The molecule has 0 aliphatic rings. The summed E-state index contributed by atoms with van der Waals surface area (Å²) >= 11 is 1.71. The van der Waals surface area contributed by atoms with Crippen molar-refractivity contribution in [3.63, 3.8) is 0 Å². The second-order valence-electron chi connectivity index (χ2n) is 5.32. The van der Waals surface area contributed by atoms with E-state index in [4.69, 9.17) is 9.15 Å². The molecule has 3 aromatic rings. The highest BCUT2D eigenvalue weighted by molar-refractivity contribution is 7.99. The number of hydrogen-bond donors (Lipinski definition) is 1. The molecule has 1 heterocycles. The van der Waals surface area contributed by atoms with Crippen molar-refractivity contribution in [1.82, 2.24) is 10.2 Å². The molecule has 26 heavy (non-hydrogen) atoms. The third-order valence-electron chi connectivity index (χ3n) is 3.44. The SMILES string of the molecule is CCOc1ccc(C(=O)Nc2nnc(CCSc3ccccc3)o2)cc1. The minimum atomic E-state index is -0.304. The van der Waals surface area contributed by atoms with E-state index in [2.05, 4.69) is 27.6 Å². The minimum absolute atomic E-state index is 0.101. The van der Waals surface area contributed by atoms with E-state index in [1.807, 2.05) is 25.1 Å². The maximum Gasteiger partial charge on any atom is 0.322 e. The van der Waals surface area contributed by atoms with Crippen LogP contribution in [0.3, 0.4) is 0 Å². The van der Waals surface area contributed by atoms with E-state index in [0.717, 1.165) is 11.5 Å². The van der Waals surface area contributed by atoms with Crippen molar-refractivity contribution in [3.8, 4) is 5.75 Å². The van der Waals surface area contributed by atoms with Crippen LogP contribution in [0.25, 0.3) is 0 Å². The lowest BCUT2D eigenvalue weighted by Crippen LogP contribution is -2.12. The maximum atomic E-state index is 12.2. The van der Waals surface area contributed by atoms with Crippen molar-refractivity contribution < 1.29 is 13.9 Å². The Morgan fingerprint density at radius 2 is 1.88 bits per heavy atom. The highest BCUT2D eigenvalue weighted by atomic mass is 32.2. The average Bonchev–Trinajstić information content (AvgIpc) is 3.11. The molecular weight excluding hydrogens is 350 g/mol. The summed E-state index contributed by atoms with van der Waals surface area (Å²) in [6.45, 7) is 2.49. The van der Waals surface area contributed by atoms with Gasteiger partial charge >= 0.3 is 6.01 Å². The van der Waals surface area contributed by atoms with Crippen LogP contribution in [0.15, 0.2) is 63.9 Å². The molecule has 0 saturated heterocycles. The van der Waals surface area contributed by atoms with E-state index in [9.17, 15) is 4.79 Å². The molecule has 0 bridgehead atoms. The van der Waals surface area contributed by atoms with Gasteiger partial charge in [0.2, 0.25) is 5.89 Å². The highest BCUT2D eigenvalue weighted by Gasteiger charge is 2.12. The molecule has 0 fully saturated rings. The molecule has 1 aromatic heterocycles. The van der Waals surface area contributed by atoms with Crippen molar-refractivity contribution in [3.05, 3.63) is 66.1 Å². The lowest BCUT2D eigenvalue weighted by molar-refractivity contribution is 0.102. The topological polar surface area (TPSA) is 77.2 Å². The fourth-order valence-electron chi connectivity index (χ4n) is 2.22. The Morgan fingerprint density at radius 3 is 2.62 bits per heavy atom. The number of aromatic nitrogens is 2. The summed E-state index contributed by atoms with van der Waals surface area (Å²) in [6.07, 6.45) is 0.630. The van der Waals surface area contributed by atoms with Crippen LogP contribution < -0.4 is 10.1 Å². The van der Waals surface area contributed by atoms with Crippen LogP contribution in [0.2, 0.25) is 0 Å². The number of carbonyl (C=O) groups excluding carboxylic acids is 1. The molecule has 3 rings (SSSR count). The number of nitrogens with one attached hydrogen (secondary N) is 1. The summed E-state index contributed by atoms with van der Waals surface area (Å²) in [5.41, 5.74) is 0.493. The third kappa shape index (κ3) is 5.10. The van der Waals surface area contributed by atoms with Crippen LogP contribution in [0.5, 0.6) is 5.75 Å². The fourth-order valence-corrected chi connectivity index (χ4v) is 3.08. The van der Waals surface area contributed by atoms with Crippen molar-refractivity contribution in [2.75, 3.05) is 17.7 Å². The average molecular weight is 369 g/mol. The van der Waals surface area contributed by atoms with Gasteiger partial charge in [0.05, 0.1) is 6.61 Å². The third-order valence-corrected chi connectivity index (χ3v) is 4.46. The van der Waals surface area contributed by atoms with Gasteiger partial charge in [-0.1, -0.05) is 23.3 Å². The first-order chi connectivity index (χ1) is 12.7. The number of hydrogen-bond acceptors (Lipinski definition) is 6. The Hall–Kier alpha value is -2.80. The van der Waals surface area contributed by atoms with Gasteiger partial charge in [0, 0.05) is 22.6 Å². The van der Waals surface area contributed by atoms with E-state index in [-0.39, 0.29) is 11.9 Å². The van der Waals surface area contributed by atoms with Gasteiger partial charge in [0.1, 0.15) is 5.75 Å². The molecule has 134 valence electrons. The molecule has 6 nitrogen and oxygen atoms in total. The monoisotopic (exact) mass is 369 g/mol. The Morgan fingerprint density at radius 1 is 1.12 bits per heavy atom. The molecule has 0 atom stereocenters. The zero-order valence-corrected chi connectivity index (χ0v) is 15.2. The second kappa shape index (κ2) is 9.05. The Balaban J connectivity index is 1.50. The van der Waals surface area contributed by atoms with Crippen molar-refractivity contribution in [2.24, 2.45) is 0 Å². The number of anilines is 1. The van der Waals surface area contributed by atoms with Crippen LogP contribution in [-0.4, -0.2) is 28.5 Å². The zero-order valence-electron chi connectivity index (χ0n) is 14.3. The lowest BCUT2D eigenvalue weighted by atomic mass is 10.2. The first-order valence-electron chi connectivity index (χ1n) is 8.29. The van der Waals surface area contributed by atoms with Crippen LogP contribution in [0.1, 0.15) is 23.2 Å². The number of ether oxygens (including phenoxy) is 1. The van der Waals surface area contributed by atoms with Crippen LogP contribution in [-0.2, 0) is 6.42 Å². The number of amides is 1. The van der Waals surface area contributed by atoms with E-state index in [0.29, 0.717) is 24.5 Å². The van der Waals surface area contributed by atoms with E-state index in [1.54, 1.807) is 36.0 Å². The fraction of sp³-hybridized carbons (Fsp3) is 0.211. The lowest BCUT2D eigenvalue weighted by Gasteiger charge is -2.04. The molecule has 0 aliphatic carbocycles. The molecule has 0 saturated carbocycles. The normalized spacial score (nSPS) is 10.5. The van der Waals surface area contributed by atoms with Crippen LogP contribution >= 0.6 is 11.8 Å². The highest BCUT2D eigenvalue weighted by Crippen LogP contribution is 2.19. The summed E-state index contributed by atoms with van der Waals surface area (Å²) in [5, 5.41) is 10.5. The van der Waals surface area contributed by atoms with Crippen LogP contribution in [0.4, 0.5) is 6.01 Å². The number of rotatable bonds is 8. The number of benzene rings is 2. The molecule has 0 spiro atoms. The Bertz CT molecular complexity index is 835. The quantitative estimate of drug-likeness (QED) is 0.604. The largest absolute Gasteiger partial charge is 0.494 e. The maximum absolute atomic E-state index is 12.2. The summed E-state index contributed by atoms with van der Waals surface area (Å²) in [5.74, 6) is 1.73. The van der Waals surface area contributed by atoms with Gasteiger partial charge in [0.25, 0.3) is 5.91 Å². The van der Waals surface area contributed by atoms with Gasteiger partial charge in [-0.3, -0.25) is 10.1 Å². The molecule has 1 N–H and O–H groups in total. The van der Waals surface area contributed by atoms with Gasteiger partial charge in [-0.25, -0.2) is 0 Å². The first-order valence-corrected chi connectivity index (χ1v) is 9.27. The molecule has 0 unspecified atom stereocenters. The number of nitrogens with zero attached hydrogens (tertiary/aromatic N) is 2. The number of carbonyl (C=O) groups is 1. The second-order valence-corrected chi connectivity index (χ2v) is 6.49. The van der Waals surface area contributed by atoms with Gasteiger partial charge in [-0.15, -0.1) is 16.9 Å². The van der Waals surface area contributed by atoms with Gasteiger partial charge in [-0.05, 0) is 43.3 Å². The molecular formula is C19H19N3O3S. The van der Waals surface area contributed by atoms with E-state index in [1.165, 1.54) is 4.90 Å². The number of thioether (sulfide) groups is 1. The van der Waals surface area contributed by atoms with Crippen LogP contribution in [0, 0.1) is 0 Å². The molecule has 7 heteroatoms. The summed E-state index contributed by atoms with van der Waals surface area (Å²) < 4.78 is 10.8. The number of aryl methyl sites for hydroxylation is 1. The predicted molar refractivity (Wildman–Crippen MR) is 101 cm³/mol. The summed E-state index contributed by atoms with van der Waals surface area (Å²) in [4.78, 5) is 13.4. The summed E-state index contributed by atoms with van der Waals surface area (Å²) in [7, 11) is 0. The molecule has 0 radical (unpaired) electrons. The van der Waals surface area contributed by atoms with Gasteiger partial charge in [-0.2, -0.15) is 0 Å². The van der Waals surface area contributed by atoms with E-state index >= 15 is 0 Å². The smallest absolute Gasteiger partial charge is 0.322 e. The van der Waals surface area contributed by atoms with E-state index < -0.39 is 0 Å². The van der Waals surface area contributed by atoms with Gasteiger partial charge in [0.15, 0.2) is 0 Å². The molecule has 1 amide bonds. The zero-order chi connectivity index (χ0) is 18.2. The van der Waals surface area contributed by atoms with Crippen molar-refractivity contribution >= 4 is 23.7 Å². The van der Waals surface area contributed by atoms with Gasteiger partial charge < -0.3 is 9.15 Å². The van der Waals surface area contributed by atoms with Crippen molar-refractivity contribution in [1.29, 1.82) is 0 Å². The van der Waals surface area contributed by atoms with Crippen molar-refractivity contribution in [2.45, 2.75) is 18.2 Å². The molecule has 0 aliphatic heterocycles. The Labute approximate surface area is 156 Å². The molecule has 2 aromatic carbocycles. The minimum Gasteiger partial charge on any atom is -0.494 e. The standard InChI is InChI=1S/C19H19N3O3S/c1-2-24-15-10-8-14(9-11-15)18(23)20-19-22-21-17(25-19)12-13-26-16-6-4-3-5-7-16/h3-11H,2,12-13H2,1H3,(H,20,22,23). The predicted octanol–water partition coefficient (Wildman–Crippen LogP) is 4.06. The summed E-state index contributed by atoms with van der Waals surface area (Å²) in [6, 6.07) is 17.1.